The van der Waals surface area contributed by atoms with Crippen LogP contribution in [-0.2, 0) is 9.47 Å². The third-order valence-electron chi connectivity index (χ3n) is 2.28. The number of methoxy groups -OCH3 is 1. The smallest absolute Gasteiger partial charge is 0.0671 e. The van der Waals surface area contributed by atoms with E-state index in [9.17, 15) is 0 Å². The van der Waals surface area contributed by atoms with Gasteiger partial charge in [-0.05, 0) is 26.3 Å². The first kappa shape index (κ1) is 14.9. The SMILES string of the molecule is CCCCCOC(C)CNCCCOC. The lowest BCUT2D eigenvalue weighted by molar-refractivity contribution is 0.0629. The van der Waals surface area contributed by atoms with E-state index in [2.05, 4.69) is 19.2 Å². The fourth-order valence-electron chi connectivity index (χ4n) is 1.34. The first-order valence-electron chi connectivity index (χ1n) is 6.12. The molecule has 3 nitrogen and oxygen atoms in total. The van der Waals surface area contributed by atoms with Crippen LogP contribution in [0.5, 0.6) is 0 Å². The molecular formula is C12H27NO2. The van der Waals surface area contributed by atoms with Gasteiger partial charge in [-0.3, -0.25) is 0 Å². The maximum Gasteiger partial charge on any atom is 0.0671 e. The Morgan fingerprint density at radius 2 is 1.93 bits per heavy atom. The van der Waals surface area contributed by atoms with Crippen LogP contribution in [0.1, 0.15) is 39.5 Å². The zero-order chi connectivity index (χ0) is 11.4. The molecule has 0 saturated heterocycles. The van der Waals surface area contributed by atoms with Crippen molar-refractivity contribution < 1.29 is 9.47 Å². The van der Waals surface area contributed by atoms with Crippen molar-refractivity contribution in [3.05, 3.63) is 0 Å². The second kappa shape index (κ2) is 12.0. The standard InChI is InChI=1S/C12H27NO2/c1-4-5-6-10-15-12(2)11-13-8-7-9-14-3/h12-13H,4-11H2,1-3H3. The highest BCUT2D eigenvalue weighted by Gasteiger charge is 2.00. The summed E-state index contributed by atoms with van der Waals surface area (Å²) in [6, 6.07) is 0. The zero-order valence-electron chi connectivity index (χ0n) is 10.6. The van der Waals surface area contributed by atoms with Crippen LogP contribution in [0, 0.1) is 0 Å². The van der Waals surface area contributed by atoms with E-state index in [1.165, 1.54) is 19.3 Å². The number of rotatable bonds is 11. The molecule has 15 heavy (non-hydrogen) atoms. The molecule has 1 N–H and O–H groups in total. The molecule has 3 heteroatoms. The maximum atomic E-state index is 5.66. The predicted molar refractivity (Wildman–Crippen MR) is 64.3 cm³/mol. The Morgan fingerprint density at radius 3 is 2.60 bits per heavy atom. The summed E-state index contributed by atoms with van der Waals surface area (Å²) in [6.45, 7) is 8.01. The highest BCUT2D eigenvalue weighted by Crippen LogP contribution is 1.97. The average Bonchev–Trinajstić information content (AvgIpc) is 2.24. The largest absolute Gasteiger partial charge is 0.385 e. The van der Waals surface area contributed by atoms with Crippen LogP contribution < -0.4 is 5.32 Å². The Kier molecular flexibility index (Phi) is 11.9. The van der Waals surface area contributed by atoms with Gasteiger partial charge < -0.3 is 14.8 Å². The molecule has 0 fully saturated rings. The lowest BCUT2D eigenvalue weighted by atomic mass is 10.3. The van der Waals surface area contributed by atoms with E-state index in [0.717, 1.165) is 32.7 Å². The molecule has 0 rings (SSSR count). The monoisotopic (exact) mass is 217 g/mol. The van der Waals surface area contributed by atoms with Crippen molar-refractivity contribution >= 4 is 0 Å². The van der Waals surface area contributed by atoms with E-state index >= 15 is 0 Å². The second-order valence-corrected chi connectivity index (χ2v) is 3.94. The zero-order valence-corrected chi connectivity index (χ0v) is 10.6. The first-order chi connectivity index (χ1) is 7.31. The third-order valence-corrected chi connectivity index (χ3v) is 2.28. The third kappa shape index (κ3) is 11.8. The molecule has 0 spiro atoms. The fourth-order valence-corrected chi connectivity index (χ4v) is 1.34. The van der Waals surface area contributed by atoms with Crippen LogP contribution in [0.4, 0.5) is 0 Å². The lowest BCUT2D eigenvalue weighted by Crippen LogP contribution is -2.28. The van der Waals surface area contributed by atoms with Gasteiger partial charge in [0.15, 0.2) is 0 Å². The van der Waals surface area contributed by atoms with Gasteiger partial charge in [-0.2, -0.15) is 0 Å². The molecule has 0 amide bonds. The highest BCUT2D eigenvalue weighted by atomic mass is 16.5. The van der Waals surface area contributed by atoms with Gasteiger partial charge in [0, 0.05) is 26.9 Å². The van der Waals surface area contributed by atoms with Gasteiger partial charge in [0.1, 0.15) is 0 Å². The summed E-state index contributed by atoms with van der Waals surface area (Å²) in [6.07, 6.45) is 5.11. The number of ether oxygens (including phenoxy) is 2. The number of unbranched alkanes of at least 4 members (excludes halogenated alkanes) is 2. The summed E-state index contributed by atoms with van der Waals surface area (Å²) in [7, 11) is 1.74. The maximum absolute atomic E-state index is 5.66. The van der Waals surface area contributed by atoms with Crippen LogP contribution in [0.25, 0.3) is 0 Å². The molecule has 0 aromatic heterocycles. The Labute approximate surface area is 94.5 Å². The summed E-state index contributed by atoms with van der Waals surface area (Å²) in [5.74, 6) is 0. The van der Waals surface area contributed by atoms with Crippen LogP contribution in [0.15, 0.2) is 0 Å². The molecule has 1 atom stereocenters. The Bertz CT molecular complexity index is 120. The molecule has 0 bridgehead atoms. The van der Waals surface area contributed by atoms with Crippen molar-refractivity contribution in [2.75, 3.05) is 33.4 Å². The van der Waals surface area contributed by atoms with Crippen molar-refractivity contribution in [1.29, 1.82) is 0 Å². The molecule has 0 aromatic rings. The summed E-state index contributed by atoms with van der Waals surface area (Å²) < 4.78 is 10.6. The summed E-state index contributed by atoms with van der Waals surface area (Å²) >= 11 is 0. The normalized spacial score (nSPS) is 13.0. The molecule has 0 aliphatic carbocycles. The topological polar surface area (TPSA) is 30.5 Å². The van der Waals surface area contributed by atoms with Crippen LogP contribution in [0.3, 0.4) is 0 Å². The predicted octanol–water partition coefficient (Wildman–Crippen LogP) is 2.21. The van der Waals surface area contributed by atoms with Crippen LogP contribution in [-0.4, -0.2) is 39.5 Å². The molecule has 0 aromatic carbocycles. The van der Waals surface area contributed by atoms with Crippen molar-refractivity contribution in [1.82, 2.24) is 5.32 Å². The van der Waals surface area contributed by atoms with Crippen molar-refractivity contribution in [3.63, 3.8) is 0 Å². The molecule has 92 valence electrons. The van der Waals surface area contributed by atoms with Crippen molar-refractivity contribution in [3.8, 4) is 0 Å². The minimum Gasteiger partial charge on any atom is -0.385 e. The molecule has 0 saturated carbocycles. The van der Waals surface area contributed by atoms with Crippen LogP contribution in [0.2, 0.25) is 0 Å². The highest BCUT2D eigenvalue weighted by molar-refractivity contribution is 4.55. The second-order valence-electron chi connectivity index (χ2n) is 3.94. The minimum absolute atomic E-state index is 0.324. The number of hydrogen-bond acceptors (Lipinski definition) is 3. The quantitative estimate of drug-likeness (QED) is 0.538. The molecule has 0 aliphatic heterocycles. The van der Waals surface area contributed by atoms with Gasteiger partial charge in [-0.15, -0.1) is 0 Å². The van der Waals surface area contributed by atoms with Crippen molar-refractivity contribution in [2.24, 2.45) is 0 Å². The first-order valence-corrected chi connectivity index (χ1v) is 6.12. The molecule has 0 heterocycles. The molecular weight excluding hydrogens is 190 g/mol. The van der Waals surface area contributed by atoms with E-state index in [4.69, 9.17) is 9.47 Å². The van der Waals surface area contributed by atoms with Gasteiger partial charge in [0.25, 0.3) is 0 Å². The summed E-state index contributed by atoms with van der Waals surface area (Å²) in [4.78, 5) is 0. The summed E-state index contributed by atoms with van der Waals surface area (Å²) in [5.41, 5.74) is 0. The fraction of sp³-hybridized carbons (Fsp3) is 1.00. The van der Waals surface area contributed by atoms with E-state index in [1.54, 1.807) is 7.11 Å². The Morgan fingerprint density at radius 1 is 1.13 bits per heavy atom. The van der Waals surface area contributed by atoms with Gasteiger partial charge >= 0.3 is 0 Å². The number of nitrogens with one attached hydrogen (secondary N) is 1. The number of hydrogen-bond donors (Lipinski definition) is 1. The van der Waals surface area contributed by atoms with Gasteiger partial charge in [-0.25, -0.2) is 0 Å². The van der Waals surface area contributed by atoms with Crippen molar-refractivity contribution in [2.45, 2.75) is 45.6 Å². The lowest BCUT2D eigenvalue weighted by Gasteiger charge is -2.13. The van der Waals surface area contributed by atoms with E-state index in [1.807, 2.05) is 0 Å². The van der Waals surface area contributed by atoms with Gasteiger partial charge in [0.05, 0.1) is 6.10 Å². The van der Waals surface area contributed by atoms with E-state index in [0.29, 0.717) is 6.10 Å². The van der Waals surface area contributed by atoms with Crippen LogP contribution >= 0.6 is 0 Å². The Balaban J connectivity index is 3.08. The van der Waals surface area contributed by atoms with Gasteiger partial charge in [0.2, 0.25) is 0 Å². The average molecular weight is 217 g/mol. The van der Waals surface area contributed by atoms with Gasteiger partial charge in [-0.1, -0.05) is 19.8 Å². The molecule has 0 aliphatic rings. The van der Waals surface area contributed by atoms with E-state index in [-0.39, 0.29) is 0 Å². The molecule has 1 unspecified atom stereocenters. The van der Waals surface area contributed by atoms with E-state index < -0.39 is 0 Å². The molecule has 0 radical (unpaired) electrons. The summed E-state index contributed by atoms with van der Waals surface area (Å²) in [5, 5.41) is 3.36. The minimum atomic E-state index is 0.324. The Hall–Kier alpha value is -0.120.